The zero-order valence-electron chi connectivity index (χ0n) is 10.4. The second-order valence-electron chi connectivity index (χ2n) is 4.97. The molecular formula is C15H16N2S. The highest BCUT2D eigenvalue weighted by atomic mass is 32.1. The largest absolute Gasteiger partial charge is 0.343 e. The highest BCUT2D eigenvalue weighted by Gasteiger charge is 2.18. The standard InChI is InChI=1S/C15H16N2S/c1-10-16-14(9-15(18)17-10)13-7-5-12(6-8-13)11-3-2-4-11/h5-9,11H,2-4H2,1H3,(H,16,17,18). The molecule has 0 aliphatic heterocycles. The zero-order chi connectivity index (χ0) is 12.5. The predicted molar refractivity (Wildman–Crippen MR) is 76.2 cm³/mol. The van der Waals surface area contributed by atoms with Gasteiger partial charge in [-0.2, -0.15) is 0 Å². The Balaban J connectivity index is 1.93. The van der Waals surface area contributed by atoms with E-state index in [1.165, 1.54) is 30.4 Å². The number of hydrogen-bond donors (Lipinski definition) is 1. The lowest BCUT2D eigenvalue weighted by Gasteiger charge is -2.25. The van der Waals surface area contributed by atoms with Crippen LogP contribution in [0, 0.1) is 11.6 Å². The Morgan fingerprint density at radius 1 is 1.22 bits per heavy atom. The minimum absolute atomic E-state index is 0.643. The van der Waals surface area contributed by atoms with Crippen LogP contribution in [0.1, 0.15) is 36.6 Å². The molecule has 1 heterocycles. The van der Waals surface area contributed by atoms with Crippen molar-refractivity contribution in [2.75, 3.05) is 0 Å². The van der Waals surface area contributed by atoms with Crippen molar-refractivity contribution in [3.63, 3.8) is 0 Å². The van der Waals surface area contributed by atoms with E-state index in [1.54, 1.807) is 0 Å². The Bertz CT molecular complexity index is 609. The van der Waals surface area contributed by atoms with Gasteiger partial charge in [-0.05, 0) is 42.9 Å². The SMILES string of the molecule is Cc1nc(=S)cc(-c2ccc(C3CCC3)cc2)[nH]1. The third-order valence-corrected chi connectivity index (χ3v) is 3.87. The smallest absolute Gasteiger partial charge is 0.130 e. The minimum atomic E-state index is 0.643. The maximum Gasteiger partial charge on any atom is 0.130 e. The first kappa shape index (κ1) is 11.6. The first-order valence-electron chi connectivity index (χ1n) is 6.41. The van der Waals surface area contributed by atoms with Gasteiger partial charge >= 0.3 is 0 Å². The molecule has 0 atom stereocenters. The van der Waals surface area contributed by atoms with Gasteiger partial charge in [0.1, 0.15) is 10.5 Å². The summed E-state index contributed by atoms with van der Waals surface area (Å²) in [6.45, 7) is 1.93. The molecule has 2 nitrogen and oxygen atoms in total. The van der Waals surface area contributed by atoms with E-state index >= 15 is 0 Å². The summed E-state index contributed by atoms with van der Waals surface area (Å²) in [5.74, 6) is 1.65. The highest BCUT2D eigenvalue weighted by molar-refractivity contribution is 7.71. The summed E-state index contributed by atoms with van der Waals surface area (Å²) < 4.78 is 0.643. The van der Waals surface area contributed by atoms with E-state index in [4.69, 9.17) is 12.2 Å². The lowest BCUT2D eigenvalue weighted by atomic mass is 9.80. The second kappa shape index (κ2) is 4.65. The Morgan fingerprint density at radius 3 is 2.50 bits per heavy atom. The van der Waals surface area contributed by atoms with Crippen LogP contribution in [0.25, 0.3) is 11.3 Å². The van der Waals surface area contributed by atoms with Crippen LogP contribution in [-0.2, 0) is 0 Å². The summed E-state index contributed by atoms with van der Waals surface area (Å²) in [4.78, 5) is 7.45. The molecule has 0 spiro atoms. The van der Waals surface area contributed by atoms with Crippen LogP contribution in [0.5, 0.6) is 0 Å². The van der Waals surface area contributed by atoms with E-state index < -0.39 is 0 Å². The molecule has 1 aromatic carbocycles. The number of aromatic nitrogens is 2. The minimum Gasteiger partial charge on any atom is -0.343 e. The summed E-state index contributed by atoms with van der Waals surface area (Å²) >= 11 is 5.15. The molecule has 1 saturated carbocycles. The molecular weight excluding hydrogens is 240 g/mol. The number of rotatable bonds is 2. The van der Waals surface area contributed by atoms with Crippen LogP contribution in [0.4, 0.5) is 0 Å². The van der Waals surface area contributed by atoms with E-state index in [9.17, 15) is 0 Å². The Morgan fingerprint density at radius 2 is 1.94 bits per heavy atom. The molecule has 1 N–H and O–H groups in total. The van der Waals surface area contributed by atoms with Gasteiger partial charge in [-0.1, -0.05) is 42.9 Å². The average molecular weight is 256 g/mol. The lowest BCUT2D eigenvalue weighted by Crippen LogP contribution is -2.08. The van der Waals surface area contributed by atoms with E-state index in [2.05, 4.69) is 34.2 Å². The second-order valence-corrected chi connectivity index (χ2v) is 5.39. The highest BCUT2D eigenvalue weighted by Crippen LogP contribution is 2.36. The van der Waals surface area contributed by atoms with Gasteiger partial charge in [-0.15, -0.1) is 0 Å². The van der Waals surface area contributed by atoms with E-state index in [-0.39, 0.29) is 0 Å². The van der Waals surface area contributed by atoms with Gasteiger partial charge in [0.2, 0.25) is 0 Å². The van der Waals surface area contributed by atoms with Crippen molar-refractivity contribution in [2.24, 2.45) is 0 Å². The fraction of sp³-hybridized carbons (Fsp3) is 0.333. The average Bonchev–Trinajstić information content (AvgIpc) is 2.26. The van der Waals surface area contributed by atoms with E-state index in [1.807, 2.05) is 13.0 Å². The molecule has 18 heavy (non-hydrogen) atoms. The molecule has 2 aromatic rings. The fourth-order valence-corrected chi connectivity index (χ4v) is 2.67. The topological polar surface area (TPSA) is 28.7 Å². The van der Waals surface area contributed by atoms with E-state index in [0.717, 1.165) is 17.4 Å². The van der Waals surface area contributed by atoms with Gasteiger partial charge in [0.05, 0.1) is 0 Å². The normalized spacial score (nSPS) is 15.4. The van der Waals surface area contributed by atoms with Crippen LogP contribution >= 0.6 is 12.2 Å². The summed E-state index contributed by atoms with van der Waals surface area (Å²) in [5, 5.41) is 0. The van der Waals surface area contributed by atoms with Crippen molar-refractivity contribution in [3.8, 4) is 11.3 Å². The van der Waals surface area contributed by atoms with Crippen molar-refractivity contribution in [1.29, 1.82) is 0 Å². The Hall–Kier alpha value is -1.48. The molecule has 0 amide bonds. The van der Waals surface area contributed by atoms with Gasteiger partial charge in [0.15, 0.2) is 0 Å². The molecule has 0 radical (unpaired) electrons. The predicted octanol–water partition coefficient (Wildman–Crippen LogP) is 4.38. The van der Waals surface area contributed by atoms with Gasteiger partial charge in [-0.25, -0.2) is 4.98 Å². The molecule has 92 valence electrons. The quantitative estimate of drug-likeness (QED) is 0.808. The fourth-order valence-electron chi connectivity index (χ4n) is 2.41. The van der Waals surface area contributed by atoms with Crippen molar-refractivity contribution in [2.45, 2.75) is 32.1 Å². The molecule has 3 rings (SSSR count). The Kier molecular flexibility index (Phi) is 3.00. The number of aryl methyl sites for hydroxylation is 1. The summed E-state index contributed by atoms with van der Waals surface area (Å²) in [7, 11) is 0. The number of benzene rings is 1. The number of H-pyrrole nitrogens is 1. The number of hydrogen-bond acceptors (Lipinski definition) is 2. The molecule has 1 aromatic heterocycles. The van der Waals surface area contributed by atoms with Gasteiger partial charge in [0.25, 0.3) is 0 Å². The summed E-state index contributed by atoms with van der Waals surface area (Å²) in [6, 6.07) is 10.7. The van der Waals surface area contributed by atoms with E-state index in [0.29, 0.717) is 4.64 Å². The zero-order valence-corrected chi connectivity index (χ0v) is 11.3. The third kappa shape index (κ3) is 2.23. The first-order chi connectivity index (χ1) is 8.72. The maximum absolute atomic E-state index is 5.15. The molecule has 3 heteroatoms. The van der Waals surface area contributed by atoms with Crippen LogP contribution in [0.15, 0.2) is 30.3 Å². The molecule has 1 fully saturated rings. The van der Waals surface area contributed by atoms with Gasteiger partial charge < -0.3 is 4.98 Å². The number of aromatic amines is 1. The third-order valence-electron chi connectivity index (χ3n) is 3.66. The molecule has 0 bridgehead atoms. The molecule has 1 aliphatic carbocycles. The lowest BCUT2D eigenvalue weighted by molar-refractivity contribution is 0.420. The van der Waals surface area contributed by atoms with Crippen LogP contribution < -0.4 is 0 Å². The number of nitrogens with zero attached hydrogens (tertiary/aromatic N) is 1. The van der Waals surface area contributed by atoms with Crippen molar-refractivity contribution in [3.05, 3.63) is 46.4 Å². The monoisotopic (exact) mass is 256 g/mol. The van der Waals surface area contributed by atoms with Crippen LogP contribution in [-0.4, -0.2) is 9.97 Å². The Labute approximate surface area is 112 Å². The van der Waals surface area contributed by atoms with Crippen LogP contribution in [0.3, 0.4) is 0 Å². The number of nitrogens with one attached hydrogen (secondary N) is 1. The molecule has 1 aliphatic rings. The summed E-state index contributed by atoms with van der Waals surface area (Å²) in [6.07, 6.45) is 4.06. The van der Waals surface area contributed by atoms with Crippen molar-refractivity contribution < 1.29 is 0 Å². The summed E-state index contributed by atoms with van der Waals surface area (Å²) in [5.41, 5.74) is 3.69. The van der Waals surface area contributed by atoms with Gasteiger partial charge in [-0.3, -0.25) is 0 Å². The van der Waals surface area contributed by atoms with Gasteiger partial charge in [0, 0.05) is 5.69 Å². The van der Waals surface area contributed by atoms with Crippen molar-refractivity contribution in [1.82, 2.24) is 9.97 Å². The molecule has 0 saturated heterocycles. The van der Waals surface area contributed by atoms with Crippen LogP contribution in [0.2, 0.25) is 0 Å². The first-order valence-corrected chi connectivity index (χ1v) is 6.81. The molecule has 0 unspecified atom stereocenters. The van der Waals surface area contributed by atoms with Crippen molar-refractivity contribution >= 4 is 12.2 Å². The maximum atomic E-state index is 5.15.